The van der Waals surface area contributed by atoms with Gasteiger partial charge in [0.05, 0.1) is 13.2 Å². The lowest BCUT2D eigenvalue weighted by atomic mass is 10.1. The topological polar surface area (TPSA) is 55.8 Å². The number of hydrogen-bond acceptors (Lipinski definition) is 4. The number of hydrogen-bond donors (Lipinski definition) is 0. The minimum Gasteiger partial charge on any atom is -0.485 e. The van der Waals surface area contributed by atoms with E-state index in [0.717, 1.165) is 18.6 Å². The zero-order valence-electron chi connectivity index (χ0n) is 15.9. The van der Waals surface area contributed by atoms with Gasteiger partial charge in [-0.25, -0.2) is 8.78 Å². The molecule has 27 heavy (non-hydrogen) atoms. The van der Waals surface area contributed by atoms with Crippen molar-refractivity contribution in [3.05, 3.63) is 41.0 Å². The van der Waals surface area contributed by atoms with Crippen molar-refractivity contribution in [3.8, 4) is 5.75 Å². The van der Waals surface area contributed by atoms with Crippen LogP contribution in [0.15, 0.2) is 23.8 Å². The average Bonchev–Trinajstić information content (AvgIpc) is 2.66. The van der Waals surface area contributed by atoms with Gasteiger partial charge in [-0.05, 0) is 25.5 Å². The molecule has 1 aliphatic heterocycles. The molecule has 0 saturated carbocycles. The first kappa shape index (κ1) is 21.0. The van der Waals surface area contributed by atoms with Gasteiger partial charge in [-0.3, -0.25) is 9.59 Å². The van der Waals surface area contributed by atoms with E-state index in [2.05, 4.69) is 0 Å². The van der Waals surface area contributed by atoms with Crippen LogP contribution in [-0.2, 0) is 9.53 Å². The standard InChI is InChI=1S/C20H25F2NO4/c1-4-6-13(3)20(25)23-7-8-26-15(11-23)12-27-19-16(21)9-14(10-17(19)22)18(24)5-2/h6,9-10,15H,4-5,7-8,11-12H2,1-3H3. The molecule has 5 nitrogen and oxygen atoms in total. The Labute approximate surface area is 157 Å². The molecule has 1 fully saturated rings. The Balaban J connectivity index is 2.01. The van der Waals surface area contributed by atoms with Crippen LogP contribution in [0.1, 0.15) is 44.0 Å². The van der Waals surface area contributed by atoms with E-state index in [4.69, 9.17) is 9.47 Å². The molecule has 1 amide bonds. The molecule has 0 aromatic heterocycles. The smallest absolute Gasteiger partial charge is 0.249 e. The Morgan fingerprint density at radius 2 is 1.96 bits per heavy atom. The third-order valence-corrected chi connectivity index (χ3v) is 4.33. The predicted octanol–water partition coefficient (Wildman–Crippen LogP) is 3.52. The number of ether oxygens (including phenoxy) is 2. The molecule has 2 rings (SSSR count). The summed E-state index contributed by atoms with van der Waals surface area (Å²) in [6, 6.07) is 1.95. The summed E-state index contributed by atoms with van der Waals surface area (Å²) in [6.45, 7) is 6.30. The lowest BCUT2D eigenvalue weighted by Crippen LogP contribution is -2.48. The minimum absolute atomic E-state index is 0.0243. The van der Waals surface area contributed by atoms with Gasteiger partial charge >= 0.3 is 0 Å². The van der Waals surface area contributed by atoms with E-state index >= 15 is 0 Å². The summed E-state index contributed by atoms with van der Waals surface area (Å²) < 4.78 is 39.1. The van der Waals surface area contributed by atoms with Gasteiger partial charge in [0.1, 0.15) is 12.7 Å². The summed E-state index contributed by atoms with van der Waals surface area (Å²) in [5.41, 5.74) is 0.635. The molecule has 0 radical (unpaired) electrons. The number of rotatable bonds is 7. The number of carbonyl (C=O) groups is 2. The summed E-state index contributed by atoms with van der Waals surface area (Å²) >= 11 is 0. The number of ketones is 1. The SMILES string of the molecule is CCC=C(C)C(=O)N1CCOC(COc2c(F)cc(C(=O)CC)cc2F)C1. The van der Waals surface area contributed by atoms with Crippen LogP contribution in [0.25, 0.3) is 0 Å². The van der Waals surface area contributed by atoms with Gasteiger partial charge in [0.2, 0.25) is 5.91 Å². The van der Waals surface area contributed by atoms with Crippen LogP contribution in [-0.4, -0.2) is 49.0 Å². The molecule has 1 aromatic rings. The van der Waals surface area contributed by atoms with Crippen LogP contribution in [0.3, 0.4) is 0 Å². The lowest BCUT2D eigenvalue weighted by molar-refractivity contribution is -0.135. The van der Waals surface area contributed by atoms with Gasteiger partial charge in [-0.2, -0.15) is 0 Å². The van der Waals surface area contributed by atoms with E-state index in [9.17, 15) is 18.4 Å². The first-order chi connectivity index (χ1) is 12.9. The molecule has 1 aromatic carbocycles. The van der Waals surface area contributed by atoms with Crippen LogP contribution < -0.4 is 4.74 Å². The fraction of sp³-hybridized carbons (Fsp3) is 0.500. The van der Waals surface area contributed by atoms with Gasteiger partial charge < -0.3 is 14.4 Å². The second-order valence-electron chi connectivity index (χ2n) is 6.40. The summed E-state index contributed by atoms with van der Waals surface area (Å²) in [6.07, 6.45) is 2.29. The number of Topliss-reactive ketones (excluding diaryl/α,β-unsaturated/α-hetero) is 1. The van der Waals surface area contributed by atoms with Gasteiger partial charge in [0.15, 0.2) is 23.2 Å². The highest BCUT2D eigenvalue weighted by atomic mass is 19.1. The molecule has 1 atom stereocenters. The maximum atomic E-state index is 14.1. The van der Waals surface area contributed by atoms with Crippen molar-refractivity contribution in [1.29, 1.82) is 0 Å². The number of morpholine rings is 1. The van der Waals surface area contributed by atoms with E-state index < -0.39 is 23.5 Å². The maximum Gasteiger partial charge on any atom is 0.249 e. The highest BCUT2D eigenvalue weighted by Gasteiger charge is 2.26. The van der Waals surface area contributed by atoms with Crippen LogP contribution in [0.4, 0.5) is 8.78 Å². The van der Waals surface area contributed by atoms with Gasteiger partial charge in [0, 0.05) is 24.1 Å². The van der Waals surface area contributed by atoms with Crippen molar-refractivity contribution in [2.75, 3.05) is 26.3 Å². The van der Waals surface area contributed by atoms with Crippen LogP contribution in [0.5, 0.6) is 5.75 Å². The summed E-state index contributed by atoms with van der Waals surface area (Å²) in [5, 5.41) is 0. The Kier molecular flexibility index (Phi) is 7.47. The number of nitrogens with zero attached hydrogens (tertiary/aromatic N) is 1. The Morgan fingerprint density at radius 3 is 2.56 bits per heavy atom. The van der Waals surface area contributed by atoms with E-state index in [-0.39, 0.29) is 36.8 Å². The molecule has 0 aliphatic carbocycles. The Morgan fingerprint density at radius 1 is 1.30 bits per heavy atom. The fourth-order valence-electron chi connectivity index (χ4n) is 2.89. The Hall–Kier alpha value is -2.28. The number of allylic oxidation sites excluding steroid dienone is 1. The highest BCUT2D eigenvalue weighted by molar-refractivity contribution is 5.96. The first-order valence-corrected chi connectivity index (χ1v) is 9.10. The first-order valence-electron chi connectivity index (χ1n) is 9.10. The lowest BCUT2D eigenvalue weighted by Gasteiger charge is -2.33. The second-order valence-corrected chi connectivity index (χ2v) is 6.40. The molecule has 0 N–H and O–H groups in total. The molecule has 1 unspecified atom stereocenters. The van der Waals surface area contributed by atoms with E-state index in [0.29, 0.717) is 18.7 Å². The monoisotopic (exact) mass is 381 g/mol. The quantitative estimate of drug-likeness (QED) is 0.536. The fourth-order valence-corrected chi connectivity index (χ4v) is 2.89. The normalized spacial score (nSPS) is 17.7. The highest BCUT2D eigenvalue weighted by Crippen LogP contribution is 2.24. The molecule has 1 heterocycles. The molecule has 1 aliphatic rings. The number of halogens is 2. The van der Waals surface area contributed by atoms with Gasteiger partial charge in [0.25, 0.3) is 0 Å². The molecule has 148 valence electrons. The Bertz CT molecular complexity index is 710. The molecule has 1 saturated heterocycles. The predicted molar refractivity (Wildman–Crippen MR) is 96.8 cm³/mol. The molecular weight excluding hydrogens is 356 g/mol. The van der Waals surface area contributed by atoms with Crippen molar-refractivity contribution in [2.24, 2.45) is 0 Å². The summed E-state index contributed by atoms with van der Waals surface area (Å²) in [4.78, 5) is 25.6. The number of benzene rings is 1. The zero-order valence-corrected chi connectivity index (χ0v) is 15.9. The van der Waals surface area contributed by atoms with Crippen molar-refractivity contribution in [1.82, 2.24) is 4.90 Å². The molecule has 0 spiro atoms. The van der Waals surface area contributed by atoms with Gasteiger partial charge in [-0.1, -0.05) is 19.9 Å². The van der Waals surface area contributed by atoms with Crippen molar-refractivity contribution < 1.29 is 27.8 Å². The zero-order chi connectivity index (χ0) is 20.0. The molecule has 7 heteroatoms. The van der Waals surface area contributed by atoms with E-state index in [1.165, 1.54) is 0 Å². The van der Waals surface area contributed by atoms with Crippen molar-refractivity contribution in [2.45, 2.75) is 39.7 Å². The van der Waals surface area contributed by atoms with Crippen molar-refractivity contribution >= 4 is 11.7 Å². The molecule has 0 bridgehead atoms. The second kappa shape index (κ2) is 9.60. The van der Waals surface area contributed by atoms with Gasteiger partial charge in [-0.15, -0.1) is 0 Å². The van der Waals surface area contributed by atoms with Crippen LogP contribution >= 0.6 is 0 Å². The average molecular weight is 381 g/mol. The van der Waals surface area contributed by atoms with Crippen LogP contribution in [0.2, 0.25) is 0 Å². The summed E-state index contributed by atoms with van der Waals surface area (Å²) in [7, 11) is 0. The number of amides is 1. The number of carbonyl (C=O) groups excluding carboxylic acids is 2. The minimum atomic E-state index is -0.933. The summed E-state index contributed by atoms with van der Waals surface area (Å²) in [5.74, 6) is -2.84. The third kappa shape index (κ3) is 5.35. The maximum absolute atomic E-state index is 14.1. The van der Waals surface area contributed by atoms with E-state index in [1.807, 2.05) is 13.0 Å². The van der Waals surface area contributed by atoms with E-state index in [1.54, 1.807) is 18.7 Å². The van der Waals surface area contributed by atoms with Crippen LogP contribution in [0, 0.1) is 11.6 Å². The molecular formula is C20H25F2NO4. The largest absolute Gasteiger partial charge is 0.485 e. The third-order valence-electron chi connectivity index (χ3n) is 4.33. The van der Waals surface area contributed by atoms with Crippen molar-refractivity contribution in [3.63, 3.8) is 0 Å².